The lowest BCUT2D eigenvalue weighted by molar-refractivity contribution is -0.116. The minimum Gasteiger partial charge on any atom is -0.349 e. The lowest BCUT2D eigenvalue weighted by Crippen LogP contribution is -2.45. The molecule has 1 aliphatic rings. The van der Waals surface area contributed by atoms with Crippen molar-refractivity contribution in [3.05, 3.63) is 59.1 Å². The van der Waals surface area contributed by atoms with E-state index in [0.717, 1.165) is 36.2 Å². The second kappa shape index (κ2) is 10.4. The molecule has 1 aliphatic carbocycles. The van der Waals surface area contributed by atoms with Crippen molar-refractivity contribution in [3.8, 4) is 0 Å². The number of hydrogen-bond acceptors (Lipinski definition) is 4. The molecule has 0 unspecified atom stereocenters. The number of carbonyl (C=O) groups is 2. The summed E-state index contributed by atoms with van der Waals surface area (Å²) in [6.07, 6.45) is 6.29. The van der Waals surface area contributed by atoms with Crippen LogP contribution in [0.5, 0.6) is 0 Å². The van der Waals surface area contributed by atoms with Crippen LogP contribution < -0.4 is 14.9 Å². The van der Waals surface area contributed by atoms with Gasteiger partial charge in [0.25, 0.3) is 5.91 Å². The lowest BCUT2D eigenvalue weighted by atomic mass is 9.95. The Morgan fingerprint density at radius 1 is 1.03 bits per heavy atom. The van der Waals surface area contributed by atoms with Gasteiger partial charge in [0, 0.05) is 11.1 Å². The summed E-state index contributed by atoms with van der Waals surface area (Å²) >= 11 is 5.91. The molecule has 1 atom stereocenters. The molecule has 0 radical (unpaired) electrons. The number of rotatable bonds is 7. The van der Waals surface area contributed by atoms with E-state index in [1.807, 2.05) is 0 Å². The van der Waals surface area contributed by atoms with E-state index in [9.17, 15) is 18.0 Å². The summed E-state index contributed by atoms with van der Waals surface area (Å²) in [4.78, 5) is 25.9. The molecular weight excluding hydrogens is 450 g/mol. The van der Waals surface area contributed by atoms with E-state index in [2.05, 4.69) is 10.6 Å². The molecule has 0 saturated heterocycles. The number of nitrogens with one attached hydrogen (secondary N) is 2. The lowest BCUT2D eigenvalue weighted by Gasteiger charge is -2.28. The smallest absolute Gasteiger partial charge is 0.253 e. The Morgan fingerprint density at radius 2 is 1.66 bits per heavy atom. The molecule has 0 aromatic heterocycles. The van der Waals surface area contributed by atoms with Gasteiger partial charge >= 0.3 is 0 Å². The van der Waals surface area contributed by atoms with Crippen LogP contribution in [0.1, 0.15) is 49.4 Å². The Hall–Kier alpha value is -2.58. The van der Waals surface area contributed by atoms with Crippen LogP contribution in [0.4, 0.5) is 11.4 Å². The molecule has 0 aliphatic heterocycles. The third kappa shape index (κ3) is 6.01. The summed E-state index contributed by atoms with van der Waals surface area (Å²) in [5.74, 6) is -0.804. The number of nitrogens with zero attached hydrogens (tertiary/aromatic N) is 1. The first-order chi connectivity index (χ1) is 15.2. The fourth-order valence-electron chi connectivity index (χ4n) is 3.93. The predicted molar refractivity (Wildman–Crippen MR) is 128 cm³/mol. The Bertz CT molecular complexity index is 1070. The van der Waals surface area contributed by atoms with Crippen molar-refractivity contribution in [2.45, 2.75) is 51.1 Å². The highest BCUT2D eigenvalue weighted by Crippen LogP contribution is 2.25. The Morgan fingerprint density at radius 3 is 2.28 bits per heavy atom. The van der Waals surface area contributed by atoms with Gasteiger partial charge in [-0.1, -0.05) is 43.0 Å². The third-order valence-electron chi connectivity index (χ3n) is 5.54. The minimum atomic E-state index is -3.76. The molecule has 2 aromatic carbocycles. The number of benzene rings is 2. The van der Waals surface area contributed by atoms with Gasteiger partial charge in [-0.25, -0.2) is 8.42 Å². The Kier molecular flexibility index (Phi) is 7.79. The summed E-state index contributed by atoms with van der Waals surface area (Å²) < 4.78 is 26.0. The molecule has 0 spiro atoms. The van der Waals surface area contributed by atoms with Crippen LogP contribution >= 0.6 is 11.6 Å². The number of halogens is 1. The highest BCUT2D eigenvalue weighted by molar-refractivity contribution is 7.92. The Balaban J connectivity index is 1.79. The normalized spacial score (nSPS) is 15.6. The first kappa shape index (κ1) is 24.1. The zero-order chi connectivity index (χ0) is 23.3. The van der Waals surface area contributed by atoms with Gasteiger partial charge in [-0.15, -0.1) is 0 Å². The number of carbonyl (C=O) groups excluding carboxylic acids is 2. The van der Waals surface area contributed by atoms with Crippen LogP contribution in [-0.4, -0.2) is 38.6 Å². The molecule has 3 rings (SSSR count). The third-order valence-corrected chi connectivity index (χ3v) is 7.03. The van der Waals surface area contributed by atoms with Crippen LogP contribution in [0.15, 0.2) is 48.5 Å². The molecule has 2 amide bonds. The molecule has 1 saturated carbocycles. The highest BCUT2D eigenvalue weighted by atomic mass is 35.5. The molecule has 172 valence electrons. The van der Waals surface area contributed by atoms with Gasteiger partial charge in [0.2, 0.25) is 15.9 Å². The maximum atomic E-state index is 13.0. The van der Waals surface area contributed by atoms with Crippen molar-refractivity contribution in [2.24, 2.45) is 0 Å². The molecule has 0 bridgehead atoms. The summed E-state index contributed by atoms with van der Waals surface area (Å²) in [7, 11) is -3.76. The molecule has 32 heavy (non-hydrogen) atoms. The molecule has 0 heterocycles. The van der Waals surface area contributed by atoms with Crippen LogP contribution in [0.25, 0.3) is 0 Å². The first-order valence-corrected chi connectivity index (χ1v) is 12.8. The fourth-order valence-corrected chi connectivity index (χ4v) is 5.23. The quantitative estimate of drug-likeness (QED) is 0.624. The second-order valence-electron chi connectivity index (χ2n) is 8.05. The van der Waals surface area contributed by atoms with Gasteiger partial charge in [-0.3, -0.25) is 13.9 Å². The predicted octanol–water partition coefficient (Wildman–Crippen LogP) is 4.20. The van der Waals surface area contributed by atoms with Crippen molar-refractivity contribution in [3.63, 3.8) is 0 Å². The summed E-state index contributed by atoms with van der Waals surface area (Å²) in [6, 6.07) is 12.0. The summed E-state index contributed by atoms with van der Waals surface area (Å²) in [5.41, 5.74) is 1.00. The van der Waals surface area contributed by atoms with Crippen molar-refractivity contribution in [1.29, 1.82) is 0 Å². The van der Waals surface area contributed by atoms with Crippen molar-refractivity contribution < 1.29 is 18.0 Å². The zero-order valence-corrected chi connectivity index (χ0v) is 19.7. The average Bonchev–Trinajstić information content (AvgIpc) is 2.75. The van der Waals surface area contributed by atoms with E-state index >= 15 is 0 Å². The summed E-state index contributed by atoms with van der Waals surface area (Å²) in [5, 5.41) is 6.23. The number of amides is 2. The number of para-hydroxylation sites is 1. The van der Waals surface area contributed by atoms with E-state index in [1.165, 1.54) is 13.3 Å². The molecule has 9 heteroatoms. The topological polar surface area (TPSA) is 95.6 Å². The van der Waals surface area contributed by atoms with Gasteiger partial charge in [0.15, 0.2) is 0 Å². The second-order valence-corrected chi connectivity index (χ2v) is 10.4. The van der Waals surface area contributed by atoms with Crippen LogP contribution in [-0.2, 0) is 14.8 Å². The number of hydrogen-bond donors (Lipinski definition) is 2. The average molecular weight is 478 g/mol. The minimum absolute atomic E-state index is 0.129. The fraction of sp³-hybridized carbons (Fsp3) is 0.391. The molecule has 2 aromatic rings. The van der Waals surface area contributed by atoms with Gasteiger partial charge in [0.05, 0.1) is 23.2 Å². The summed E-state index contributed by atoms with van der Waals surface area (Å²) in [6.45, 7) is 1.50. The standard InChI is InChI=1S/C23H28ClN3O4S/c1-16(27(32(2,30)31)19-14-12-17(24)13-15-19)22(28)26-21-11-7-6-10-20(21)23(29)25-18-8-4-3-5-9-18/h6-7,10-16,18H,3-5,8-9H2,1-2H3,(H,25,29)(H,26,28)/t16-/m0/s1. The number of sulfonamides is 1. The van der Waals surface area contributed by atoms with Gasteiger partial charge in [-0.2, -0.15) is 0 Å². The van der Waals surface area contributed by atoms with E-state index in [1.54, 1.807) is 48.5 Å². The monoisotopic (exact) mass is 477 g/mol. The van der Waals surface area contributed by atoms with Crippen LogP contribution in [0.3, 0.4) is 0 Å². The van der Waals surface area contributed by atoms with E-state index in [0.29, 0.717) is 22.0 Å². The molecular formula is C23H28ClN3O4S. The van der Waals surface area contributed by atoms with Crippen molar-refractivity contribution >= 4 is 44.8 Å². The van der Waals surface area contributed by atoms with Gasteiger partial charge < -0.3 is 10.6 Å². The van der Waals surface area contributed by atoms with Gasteiger partial charge in [-0.05, 0) is 56.2 Å². The highest BCUT2D eigenvalue weighted by Gasteiger charge is 2.30. The van der Waals surface area contributed by atoms with Crippen molar-refractivity contribution in [1.82, 2.24) is 5.32 Å². The van der Waals surface area contributed by atoms with Gasteiger partial charge in [0.1, 0.15) is 6.04 Å². The Labute approximate surface area is 194 Å². The number of anilines is 2. The molecule has 2 N–H and O–H groups in total. The van der Waals surface area contributed by atoms with Crippen molar-refractivity contribution in [2.75, 3.05) is 15.9 Å². The molecule has 1 fully saturated rings. The molecule has 7 nitrogen and oxygen atoms in total. The SMILES string of the molecule is C[C@@H](C(=O)Nc1ccccc1C(=O)NC1CCCCC1)N(c1ccc(Cl)cc1)S(C)(=O)=O. The zero-order valence-electron chi connectivity index (χ0n) is 18.2. The maximum absolute atomic E-state index is 13.0. The van der Waals surface area contributed by atoms with E-state index in [-0.39, 0.29) is 11.9 Å². The van der Waals surface area contributed by atoms with E-state index in [4.69, 9.17) is 11.6 Å². The van der Waals surface area contributed by atoms with Crippen LogP contribution in [0, 0.1) is 0 Å². The largest absolute Gasteiger partial charge is 0.349 e. The van der Waals surface area contributed by atoms with Crippen LogP contribution in [0.2, 0.25) is 5.02 Å². The van der Waals surface area contributed by atoms with E-state index < -0.39 is 22.0 Å². The maximum Gasteiger partial charge on any atom is 0.253 e. The first-order valence-electron chi connectivity index (χ1n) is 10.6.